The van der Waals surface area contributed by atoms with E-state index in [1.165, 1.54) is 11.1 Å². The van der Waals surface area contributed by atoms with E-state index in [1.807, 2.05) is 49.4 Å². The van der Waals surface area contributed by atoms with Gasteiger partial charge in [-0.25, -0.2) is 0 Å². The molecule has 2 N–H and O–H groups in total. The third-order valence-corrected chi connectivity index (χ3v) is 4.49. The molecule has 0 atom stereocenters. The lowest BCUT2D eigenvalue weighted by atomic mass is 10.1. The first kappa shape index (κ1) is 17.7. The minimum Gasteiger partial charge on any atom is -0.457 e. The van der Waals surface area contributed by atoms with Gasteiger partial charge in [0.25, 0.3) is 0 Å². The molecule has 2 aromatic heterocycles. The standard InChI is InChI=1S/C22H21N5O/c1-14-4-7-18(12-15(14)2)24-22-25-21(26-27-22)17-5-8-19(9-6-17)28-20-10-11-23-16(3)13-20/h4-13H,1-3H3,(H2,24,25,26,27). The third kappa shape index (κ3) is 4.01. The lowest BCUT2D eigenvalue weighted by molar-refractivity contribution is 0.481. The summed E-state index contributed by atoms with van der Waals surface area (Å²) in [6.45, 7) is 6.11. The average molecular weight is 371 g/mol. The van der Waals surface area contributed by atoms with E-state index in [-0.39, 0.29) is 0 Å². The summed E-state index contributed by atoms with van der Waals surface area (Å²) < 4.78 is 5.86. The highest BCUT2D eigenvalue weighted by Crippen LogP contribution is 2.25. The van der Waals surface area contributed by atoms with Crippen molar-refractivity contribution in [2.24, 2.45) is 0 Å². The first-order valence-electron chi connectivity index (χ1n) is 9.05. The van der Waals surface area contributed by atoms with Crippen LogP contribution >= 0.6 is 0 Å². The second-order valence-electron chi connectivity index (χ2n) is 6.71. The van der Waals surface area contributed by atoms with Gasteiger partial charge in [0.2, 0.25) is 5.95 Å². The van der Waals surface area contributed by atoms with Crippen molar-refractivity contribution >= 4 is 11.6 Å². The van der Waals surface area contributed by atoms with E-state index < -0.39 is 0 Å². The molecule has 28 heavy (non-hydrogen) atoms. The number of ether oxygens (including phenoxy) is 1. The molecule has 0 saturated carbocycles. The van der Waals surface area contributed by atoms with Crippen LogP contribution in [0.25, 0.3) is 11.4 Å². The summed E-state index contributed by atoms with van der Waals surface area (Å²) in [5, 5.41) is 11.7. The highest BCUT2D eigenvalue weighted by Gasteiger charge is 2.07. The van der Waals surface area contributed by atoms with E-state index in [4.69, 9.17) is 4.74 Å². The zero-order chi connectivity index (χ0) is 19.5. The van der Waals surface area contributed by atoms with Gasteiger partial charge >= 0.3 is 0 Å². The Hall–Kier alpha value is -3.67. The first-order valence-corrected chi connectivity index (χ1v) is 9.05. The van der Waals surface area contributed by atoms with E-state index >= 15 is 0 Å². The molecule has 0 radical (unpaired) electrons. The third-order valence-electron chi connectivity index (χ3n) is 4.49. The van der Waals surface area contributed by atoms with Crippen LogP contribution in [0.15, 0.2) is 60.8 Å². The minimum absolute atomic E-state index is 0.603. The van der Waals surface area contributed by atoms with Crippen molar-refractivity contribution in [2.75, 3.05) is 5.32 Å². The van der Waals surface area contributed by atoms with Gasteiger partial charge in [0, 0.05) is 29.2 Å². The van der Waals surface area contributed by atoms with Crippen molar-refractivity contribution in [3.63, 3.8) is 0 Å². The van der Waals surface area contributed by atoms with Crippen LogP contribution < -0.4 is 10.1 Å². The number of rotatable bonds is 5. The Balaban J connectivity index is 1.46. The fourth-order valence-corrected chi connectivity index (χ4v) is 2.80. The highest BCUT2D eigenvalue weighted by atomic mass is 16.5. The number of pyridine rings is 1. The van der Waals surface area contributed by atoms with Crippen molar-refractivity contribution < 1.29 is 4.74 Å². The molecular formula is C22H21N5O. The van der Waals surface area contributed by atoms with Crippen LogP contribution in [-0.4, -0.2) is 20.2 Å². The molecule has 0 aliphatic carbocycles. The molecule has 2 heterocycles. The smallest absolute Gasteiger partial charge is 0.226 e. The number of hydrogen-bond acceptors (Lipinski definition) is 5. The molecular weight excluding hydrogens is 350 g/mol. The van der Waals surface area contributed by atoms with E-state index in [9.17, 15) is 0 Å². The van der Waals surface area contributed by atoms with Crippen LogP contribution in [0.3, 0.4) is 0 Å². The molecule has 0 aliphatic heterocycles. The lowest BCUT2D eigenvalue weighted by Gasteiger charge is -2.06. The predicted molar refractivity (Wildman–Crippen MR) is 110 cm³/mol. The molecule has 0 fully saturated rings. The highest BCUT2D eigenvalue weighted by molar-refractivity contribution is 5.61. The summed E-state index contributed by atoms with van der Waals surface area (Å²) in [4.78, 5) is 7.38. The molecule has 0 amide bonds. The normalized spacial score (nSPS) is 10.7. The summed E-state index contributed by atoms with van der Waals surface area (Å²) in [5.41, 5.74) is 5.30. The zero-order valence-corrected chi connectivity index (χ0v) is 16.0. The van der Waals surface area contributed by atoms with Crippen LogP contribution in [0, 0.1) is 20.8 Å². The number of H-pyrrole nitrogens is 1. The maximum Gasteiger partial charge on any atom is 0.226 e. The van der Waals surface area contributed by atoms with Crippen LogP contribution in [0.2, 0.25) is 0 Å². The molecule has 4 aromatic rings. The second-order valence-corrected chi connectivity index (χ2v) is 6.71. The largest absolute Gasteiger partial charge is 0.457 e. The molecule has 0 saturated heterocycles. The van der Waals surface area contributed by atoms with Gasteiger partial charge in [0.05, 0.1) is 0 Å². The minimum atomic E-state index is 0.603. The van der Waals surface area contributed by atoms with Gasteiger partial charge in [-0.1, -0.05) is 6.07 Å². The summed E-state index contributed by atoms with van der Waals surface area (Å²) in [7, 11) is 0. The number of aromatic amines is 1. The van der Waals surface area contributed by atoms with Gasteiger partial charge in [0.1, 0.15) is 11.5 Å². The number of aromatic nitrogens is 4. The molecule has 2 aromatic carbocycles. The van der Waals surface area contributed by atoms with Crippen molar-refractivity contribution in [1.29, 1.82) is 0 Å². The molecule has 0 unspecified atom stereocenters. The van der Waals surface area contributed by atoms with Crippen LogP contribution in [-0.2, 0) is 0 Å². The first-order chi connectivity index (χ1) is 13.6. The Morgan fingerprint density at radius 2 is 1.64 bits per heavy atom. The molecule has 0 spiro atoms. The topological polar surface area (TPSA) is 75.7 Å². The molecule has 4 rings (SSSR count). The van der Waals surface area contributed by atoms with E-state index in [0.29, 0.717) is 11.8 Å². The summed E-state index contributed by atoms with van der Waals surface area (Å²) in [5.74, 6) is 2.81. The summed E-state index contributed by atoms with van der Waals surface area (Å²) in [6.07, 6.45) is 1.73. The molecule has 6 heteroatoms. The summed E-state index contributed by atoms with van der Waals surface area (Å²) in [6, 6.07) is 17.6. The molecule has 140 valence electrons. The number of anilines is 2. The number of benzene rings is 2. The fourth-order valence-electron chi connectivity index (χ4n) is 2.80. The van der Waals surface area contributed by atoms with Crippen LogP contribution in [0.4, 0.5) is 11.6 Å². The van der Waals surface area contributed by atoms with Gasteiger partial charge < -0.3 is 15.0 Å². The maximum atomic E-state index is 5.86. The Labute approximate surface area is 163 Å². The average Bonchev–Trinajstić information content (AvgIpc) is 3.14. The number of aryl methyl sites for hydroxylation is 3. The molecule has 6 nitrogen and oxygen atoms in total. The Morgan fingerprint density at radius 1 is 0.821 bits per heavy atom. The monoisotopic (exact) mass is 371 g/mol. The van der Waals surface area contributed by atoms with Crippen molar-refractivity contribution in [1.82, 2.24) is 20.2 Å². The van der Waals surface area contributed by atoms with Crippen LogP contribution in [0.1, 0.15) is 16.8 Å². The van der Waals surface area contributed by atoms with Crippen molar-refractivity contribution in [3.05, 3.63) is 77.6 Å². The Bertz CT molecular complexity index is 1100. The van der Waals surface area contributed by atoms with Gasteiger partial charge in [-0.2, -0.15) is 0 Å². The number of nitrogens with one attached hydrogen (secondary N) is 2. The predicted octanol–water partition coefficient (Wildman–Crippen LogP) is 5.33. The van der Waals surface area contributed by atoms with Gasteiger partial charge in [0.15, 0.2) is 5.82 Å². The lowest BCUT2D eigenvalue weighted by Crippen LogP contribution is -1.93. The van der Waals surface area contributed by atoms with Gasteiger partial charge in [-0.05, 0) is 74.4 Å². The number of hydrogen-bond donors (Lipinski definition) is 2. The van der Waals surface area contributed by atoms with Gasteiger partial charge in [-0.15, -0.1) is 10.2 Å². The van der Waals surface area contributed by atoms with E-state index in [0.717, 1.165) is 28.4 Å². The summed E-state index contributed by atoms with van der Waals surface area (Å²) >= 11 is 0. The second kappa shape index (κ2) is 7.52. The zero-order valence-electron chi connectivity index (χ0n) is 16.0. The van der Waals surface area contributed by atoms with E-state index in [2.05, 4.69) is 51.5 Å². The number of nitrogens with zero attached hydrogens (tertiary/aromatic N) is 3. The molecule has 0 bridgehead atoms. The van der Waals surface area contributed by atoms with Crippen molar-refractivity contribution in [2.45, 2.75) is 20.8 Å². The maximum absolute atomic E-state index is 5.86. The van der Waals surface area contributed by atoms with Gasteiger partial charge in [-0.3, -0.25) is 4.98 Å². The van der Waals surface area contributed by atoms with E-state index in [1.54, 1.807) is 6.20 Å². The molecule has 0 aliphatic rings. The Morgan fingerprint density at radius 3 is 2.39 bits per heavy atom. The quantitative estimate of drug-likeness (QED) is 0.496. The van der Waals surface area contributed by atoms with Crippen molar-refractivity contribution in [3.8, 4) is 22.9 Å². The SMILES string of the molecule is Cc1cc(Oc2ccc(-c3nnc(Nc4ccc(C)c(C)c4)[nH]3)cc2)ccn1. The fraction of sp³-hybridized carbons (Fsp3) is 0.136. The Kier molecular flexibility index (Phi) is 4.76. The van der Waals surface area contributed by atoms with Crippen LogP contribution in [0.5, 0.6) is 11.5 Å².